The molecule has 1 saturated heterocycles. The summed E-state index contributed by atoms with van der Waals surface area (Å²) < 4.78 is 10.7. The van der Waals surface area contributed by atoms with Crippen LogP contribution >= 0.6 is 12.4 Å². The van der Waals surface area contributed by atoms with Gasteiger partial charge in [-0.3, -0.25) is 4.79 Å². The number of nitrogens with two attached hydrogens (primary N) is 1. The van der Waals surface area contributed by atoms with Gasteiger partial charge in [-0.2, -0.15) is 0 Å². The van der Waals surface area contributed by atoms with E-state index in [1.807, 2.05) is 41.3 Å². The van der Waals surface area contributed by atoms with Crippen molar-refractivity contribution in [1.29, 1.82) is 0 Å². The second-order valence-electron chi connectivity index (χ2n) is 6.99. The molecule has 152 valence electrons. The molecule has 0 unspecified atom stereocenters. The van der Waals surface area contributed by atoms with Crippen molar-refractivity contribution in [1.82, 2.24) is 4.90 Å². The first kappa shape index (κ1) is 22.1. The third-order valence-corrected chi connectivity index (χ3v) is 5.42. The van der Waals surface area contributed by atoms with E-state index in [4.69, 9.17) is 15.2 Å². The first-order valence-corrected chi connectivity index (χ1v) is 9.40. The number of amides is 1. The highest BCUT2D eigenvalue weighted by Crippen LogP contribution is 2.33. The smallest absolute Gasteiger partial charge is 0.222 e. The Morgan fingerprint density at radius 3 is 2.50 bits per heavy atom. The minimum absolute atomic E-state index is 0. The monoisotopic (exact) mass is 404 g/mol. The lowest BCUT2D eigenvalue weighted by atomic mass is 9.89. The quantitative estimate of drug-likeness (QED) is 0.769. The summed E-state index contributed by atoms with van der Waals surface area (Å²) in [5.41, 5.74) is 8.24. The Labute approximate surface area is 173 Å². The maximum absolute atomic E-state index is 12.8. The molecule has 6 heteroatoms. The molecule has 1 heterocycles. The molecule has 0 aliphatic carbocycles. The molecule has 0 radical (unpaired) electrons. The van der Waals surface area contributed by atoms with Crippen LogP contribution in [0.4, 0.5) is 0 Å². The van der Waals surface area contributed by atoms with E-state index < -0.39 is 0 Å². The molecule has 2 N–H and O–H groups in total. The van der Waals surface area contributed by atoms with Crippen LogP contribution in [-0.2, 0) is 11.2 Å². The zero-order valence-electron chi connectivity index (χ0n) is 16.5. The Hall–Kier alpha value is -2.24. The van der Waals surface area contributed by atoms with E-state index >= 15 is 0 Å². The van der Waals surface area contributed by atoms with Gasteiger partial charge in [0.05, 0.1) is 14.2 Å². The molecule has 0 aromatic heterocycles. The second-order valence-corrected chi connectivity index (χ2v) is 6.99. The maximum atomic E-state index is 12.8. The van der Waals surface area contributed by atoms with Crippen LogP contribution in [0.3, 0.4) is 0 Å². The minimum atomic E-state index is 0. The van der Waals surface area contributed by atoms with Gasteiger partial charge >= 0.3 is 0 Å². The first-order chi connectivity index (χ1) is 13.2. The molecule has 28 heavy (non-hydrogen) atoms. The normalized spacial score (nSPS) is 18.5. The molecule has 2 atom stereocenters. The lowest BCUT2D eigenvalue weighted by molar-refractivity contribution is -0.130. The van der Waals surface area contributed by atoms with Crippen LogP contribution < -0.4 is 15.2 Å². The molecular formula is C22H29ClN2O3. The number of rotatable bonds is 7. The van der Waals surface area contributed by atoms with Crippen LogP contribution in [0.1, 0.15) is 23.5 Å². The Morgan fingerprint density at radius 2 is 1.86 bits per heavy atom. The van der Waals surface area contributed by atoms with Crippen molar-refractivity contribution < 1.29 is 14.3 Å². The number of carbonyl (C=O) groups is 1. The van der Waals surface area contributed by atoms with Gasteiger partial charge in [-0.1, -0.05) is 30.3 Å². The molecule has 1 fully saturated rings. The maximum Gasteiger partial charge on any atom is 0.222 e. The number of carbonyl (C=O) groups excluding carboxylic acids is 1. The third-order valence-electron chi connectivity index (χ3n) is 5.42. The minimum Gasteiger partial charge on any atom is -0.497 e. The van der Waals surface area contributed by atoms with Gasteiger partial charge in [0.25, 0.3) is 0 Å². The highest BCUT2D eigenvalue weighted by atomic mass is 35.5. The summed E-state index contributed by atoms with van der Waals surface area (Å²) in [5, 5.41) is 0. The lowest BCUT2D eigenvalue weighted by Gasteiger charge is -2.17. The Kier molecular flexibility index (Phi) is 8.15. The number of likely N-dealkylation sites (tertiary alicyclic amines) is 1. The van der Waals surface area contributed by atoms with Crippen LogP contribution in [-0.4, -0.2) is 44.7 Å². The fourth-order valence-electron chi connectivity index (χ4n) is 3.87. The fourth-order valence-corrected chi connectivity index (χ4v) is 3.87. The summed E-state index contributed by atoms with van der Waals surface area (Å²) in [6.45, 7) is 2.05. The van der Waals surface area contributed by atoms with Crippen molar-refractivity contribution >= 4 is 18.3 Å². The molecular weight excluding hydrogens is 376 g/mol. The molecule has 0 bridgehead atoms. The average Bonchev–Trinajstić information content (AvgIpc) is 3.17. The van der Waals surface area contributed by atoms with E-state index in [-0.39, 0.29) is 18.3 Å². The van der Waals surface area contributed by atoms with Gasteiger partial charge in [0, 0.05) is 25.4 Å². The van der Waals surface area contributed by atoms with Gasteiger partial charge in [-0.05, 0) is 48.2 Å². The molecule has 3 rings (SSSR count). The van der Waals surface area contributed by atoms with Crippen molar-refractivity contribution in [2.75, 3.05) is 33.9 Å². The number of methoxy groups -OCH3 is 2. The molecule has 1 aliphatic heterocycles. The van der Waals surface area contributed by atoms with E-state index in [1.165, 1.54) is 5.56 Å². The van der Waals surface area contributed by atoms with Gasteiger partial charge < -0.3 is 20.1 Å². The van der Waals surface area contributed by atoms with E-state index in [2.05, 4.69) is 12.1 Å². The van der Waals surface area contributed by atoms with E-state index in [0.29, 0.717) is 31.2 Å². The Bertz CT molecular complexity index is 770. The summed E-state index contributed by atoms with van der Waals surface area (Å²) in [5.74, 6) is 2.34. The molecule has 1 aliphatic rings. The Morgan fingerprint density at radius 1 is 1.11 bits per heavy atom. The van der Waals surface area contributed by atoms with E-state index in [9.17, 15) is 4.79 Å². The number of hydrogen-bond acceptors (Lipinski definition) is 4. The summed E-state index contributed by atoms with van der Waals surface area (Å²) in [6, 6.07) is 16.0. The summed E-state index contributed by atoms with van der Waals surface area (Å²) in [6.07, 6.45) is 1.07. The molecule has 1 amide bonds. The highest BCUT2D eigenvalue weighted by molar-refractivity contribution is 5.85. The van der Waals surface area contributed by atoms with Crippen LogP contribution in [0.15, 0.2) is 48.5 Å². The SMILES string of the molecule is COc1ccc(OC)c(CCC(=O)N2C[C@@H](CN)[C@H](c3ccccc3)C2)c1.Cl. The number of ether oxygens (including phenoxy) is 2. The van der Waals surface area contributed by atoms with Gasteiger partial charge in [0.1, 0.15) is 11.5 Å². The molecule has 0 spiro atoms. The number of aryl methyl sites for hydroxylation is 1. The molecule has 5 nitrogen and oxygen atoms in total. The van der Waals surface area contributed by atoms with Crippen molar-refractivity contribution in [3.8, 4) is 11.5 Å². The van der Waals surface area contributed by atoms with Crippen molar-refractivity contribution in [3.05, 3.63) is 59.7 Å². The molecule has 2 aromatic rings. The summed E-state index contributed by atoms with van der Waals surface area (Å²) >= 11 is 0. The van der Waals surface area contributed by atoms with Crippen LogP contribution in [0.2, 0.25) is 0 Å². The van der Waals surface area contributed by atoms with Gasteiger partial charge in [-0.25, -0.2) is 0 Å². The fraction of sp³-hybridized carbons (Fsp3) is 0.409. The van der Waals surface area contributed by atoms with E-state index in [1.54, 1.807) is 14.2 Å². The van der Waals surface area contributed by atoms with Gasteiger partial charge in [0.15, 0.2) is 0 Å². The predicted molar refractivity (Wildman–Crippen MR) is 113 cm³/mol. The predicted octanol–water partition coefficient (Wildman–Crippen LogP) is 3.26. The summed E-state index contributed by atoms with van der Waals surface area (Å²) in [4.78, 5) is 14.8. The van der Waals surface area contributed by atoms with E-state index in [0.717, 1.165) is 30.2 Å². The van der Waals surface area contributed by atoms with Crippen molar-refractivity contribution in [3.63, 3.8) is 0 Å². The van der Waals surface area contributed by atoms with Crippen LogP contribution in [0, 0.1) is 5.92 Å². The topological polar surface area (TPSA) is 64.8 Å². The van der Waals surface area contributed by atoms with Crippen LogP contribution in [0.25, 0.3) is 0 Å². The third kappa shape index (κ3) is 4.97. The summed E-state index contributed by atoms with van der Waals surface area (Å²) in [7, 11) is 3.28. The zero-order valence-corrected chi connectivity index (χ0v) is 17.3. The Balaban J connectivity index is 0.00000280. The zero-order chi connectivity index (χ0) is 19.2. The van der Waals surface area contributed by atoms with Crippen molar-refractivity contribution in [2.24, 2.45) is 11.7 Å². The lowest BCUT2D eigenvalue weighted by Crippen LogP contribution is -2.30. The molecule has 0 saturated carbocycles. The standard InChI is InChI=1S/C22H28N2O3.ClH/c1-26-19-9-10-21(27-2)17(12-19)8-11-22(25)24-14-18(13-23)20(15-24)16-6-4-3-5-7-16;/h3-7,9-10,12,18,20H,8,11,13-15,23H2,1-2H3;1H/t18-,20+;/m1./s1. The van der Waals surface area contributed by atoms with Gasteiger partial charge in [-0.15, -0.1) is 12.4 Å². The number of halogens is 1. The largest absolute Gasteiger partial charge is 0.497 e. The average molecular weight is 405 g/mol. The van der Waals surface area contributed by atoms with Crippen LogP contribution in [0.5, 0.6) is 11.5 Å². The number of nitrogens with zero attached hydrogens (tertiary/aromatic N) is 1. The number of hydrogen-bond donors (Lipinski definition) is 1. The highest BCUT2D eigenvalue weighted by Gasteiger charge is 2.34. The number of benzene rings is 2. The van der Waals surface area contributed by atoms with Gasteiger partial charge in [0.2, 0.25) is 5.91 Å². The van der Waals surface area contributed by atoms with Crippen molar-refractivity contribution in [2.45, 2.75) is 18.8 Å². The first-order valence-electron chi connectivity index (χ1n) is 9.40. The molecule has 2 aromatic carbocycles. The second kappa shape index (κ2) is 10.3.